The molecule has 0 aliphatic carbocycles. The molecule has 3 heterocycles. The highest BCUT2D eigenvalue weighted by Gasteiger charge is 2.19. The molecule has 11 heteroatoms. The minimum atomic E-state index is -0.398. The van der Waals surface area contributed by atoms with Crippen molar-refractivity contribution in [2.75, 3.05) is 43.6 Å². The molecule has 0 aliphatic heterocycles. The number of likely N-dealkylation sites (N-methyl/N-ethyl adjacent to an activating group) is 1. The third kappa shape index (κ3) is 5.39. The Morgan fingerprint density at radius 2 is 2.09 bits per heavy atom. The van der Waals surface area contributed by atoms with Crippen LogP contribution >= 0.6 is 0 Å². The Morgan fingerprint density at radius 1 is 1.26 bits per heavy atom. The molecular weight excluding hydrogens is 444 g/mol. The highest BCUT2D eigenvalue weighted by molar-refractivity contribution is 5.64. The summed E-state index contributed by atoms with van der Waals surface area (Å²) in [6.45, 7) is 5.59. The van der Waals surface area contributed by atoms with Gasteiger partial charge in [0.2, 0.25) is 5.88 Å². The second kappa shape index (κ2) is 10.2. The van der Waals surface area contributed by atoms with Crippen molar-refractivity contribution in [1.29, 1.82) is 5.26 Å². The Balaban J connectivity index is 1.63. The van der Waals surface area contributed by atoms with Gasteiger partial charge in [0.25, 0.3) is 0 Å². The second-order valence-electron chi connectivity index (χ2n) is 8.39. The fraction of sp³-hybridized carbons (Fsp3) is 0.292. The first-order valence-corrected chi connectivity index (χ1v) is 11.1. The van der Waals surface area contributed by atoms with Gasteiger partial charge in [0, 0.05) is 31.0 Å². The topological polar surface area (TPSA) is 142 Å². The molecule has 11 nitrogen and oxygen atoms in total. The predicted molar refractivity (Wildman–Crippen MR) is 134 cm³/mol. The van der Waals surface area contributed by atoms with Gasteiger partial charge in [0.15, 0.2) is 5.82 Å². The Kier molecular flexibility index (Phi) is 6.93. The molecule has 0 spiro atoms. The van der Waals surface area contributed by atoms with Crippen molar-refractivity contribution in [2.24, 2.45) is 0 Å². The summed E-state index contributed by atoms with van der Waals surface area (Å²) < 4.78 is 8.00. The van der Waals surface area contributed by atoms with Crippen LogP contribution in [0.4, 0.5) is 17.3 Å². The number of anilines is 3. The molecule has 0 saturated carbocycles. The number of aromatic nitrogens is 5. The fourth-order valence-electron chi connectivity index (χ4n) is 3.50. The number of rotatable bonds is 9. The molecule has 4 aromatic rings. The van der Waals surface area contributed by atoms with Crippen LogP contribution in [0, 0.1) is 18.3 Å². The van der Waals surface area contributed by atoms with Crippen LogP contribution in [-0.2, 0) is 0 Å². The molecule has 4 N–H and O–H groups in total. The number of nitrogens with zero attached hydrogens (tertiary/aromatic N) is 7. The third-order valence-corrected chi connectivity index (χ3v) is 5.36. The number of nitriles is 1. The minimum absolute atomic E-state index is 0.109. The average Bonchev–Trinajstić information content (AvgIpc) is 3.20. The summed E-state index contributed by atoms with van der Waals surface area (Å²) in [6, 6.07) is 11.4. The van der Waals surface area contributed by atoms with E-state index in [1.165, 1.54) is 6.33 Å². The lowest BCUT2D eigenvalue weighted by molar-refractivity contribution is 0.425. The van der Waals surface area contributed by atoms with Crippen LogP contribution in [0.25, 0.3) is 5.52 Å². The molecule has 1 aromatic carbocycles. The SMILES string of the molecule is Cc1ccn2nc([C@H](C)Nc3ncnc(N)c3C#N)nc(Oc3cccc(NCCN(C)C)c3)c12. The van der Waals surface area contributed by atoms with Gasteiger partial charge in [-0.15, -0.1) is 0 Å². The van der Waals surface area contributed by atoms with Gasteiger partial charge in [-0.25, -0.2) is 14.5 Å². The molecule has 0 fully saturated rings. The number of ether oxygens (including phenoxy) is 1. The standard InChI is InChI=1S/C24H28N10O/c1-15-8-10-34-20(15)24(35-18-7-5-6-17(12-18)27-9-11-33(3)4)31-22(32-34)16(2)30-23-19(13-25)21(26)28-14-29-23/h5-8,10,12,14,16,27H,9,11H2,1-4H3,(H3,26,28,29,30)/t16-/m0/s1. The molecule has 35 heavy (non-hydrogen) atoms. The Hall–Kier alpha value is -4.43. The zero-order valence-corrected chi connectivity index (χ0v) is 20.1. The van der Waals surface area contributed by atoms with E-state index in [0.29, 0.717) is 23.3 Å². The number of fused-ring (bicyclic) bond motifs is 1. The van der Waals surface area contributed by atoms with Crippen LogP contribution < -0.4 is 21.1 Å². The summed E-state index contributed by atoms with van der Waals surface area (Å²) in [6.07, 6.45) is 3.16. The van der Waals surface area contributed by atoms with Crippen molar-refractivity contribution in [1.82, 2.24) is 29.5 Å². The van der Waals surface area contributed by atoms with Crippen molar-refractivity contribution >= 4 is 22.8 Å². The van der Waals surface area contributed by atoms with Gasteiger partial charge in [-0.05, 0) is 51.7 Å². The van der Waals surface area contributed by atoms with Crippen LogP contribution in [-0.4, -0.2) is 56.7 Å². The van der Waals surface area contributed by atoms with E-state index in [4.69, 9.17) is 15.5 Å². The lowest BCUT2D eigenvalue weighted by Crippen LogP contribution is -2.20. The number of nitrogen functional groups attached to an aromatic ring is 1. The number of nitrogens with two attached hydrogens (primary N) is 1. The van der Waals surface area contributed by atoms with Gasteiger partial charge < -0.3 is 26.0 Å². The van der Waals surface area contributed by atoms with E-state index in [-0.39, 0.29) is 11.4 Å². The lowest BCUT2D eigenvalue weighted by Gasteiger charge is -2.16. The smallest absolute Gasteiger partial charge is 0.247 e. The largest absolute Gasteiger partial charge is 0.437 e. The van der Waals surface area contributed by atoms with Crippen molar-refractivity contribution < 1.29 is 4.74 Å². The average molecular weight is 473 g/mol. The zero-order chi connectivity index (χ0) is 24.9. The number of benzene rings is 1. The van der Waals surface area contributed by atoms with Crippen LogP contribution in [0.5, 0.6) is 11.6 Å². The Bertz CT molecular complexity index is 1370. The molecule has 0 aliphatic rings. The van der Waals surface area contributed by atoms with Crippen molar-refractivity contribution in [3.8, 4) is 17.7 Å². The predicted octanol–water partition coefficient (Wildman–Crippen LogP) is 3.22. The Labute approximate surface area is 203 Å². The monoisotopic (exact) mass is 472 g/mol. The first-order valence-electron chi connectivity index (χ1n) is 11.1. The number of nitrogens with one attached hydrogen (secondary N) is 2. The molecule has 0 bridgehead atoms. The van der Waals surface area contributed by atoms with E-state index in [1.807, 2.05) is 70.5 Å². The van der Waals surface area contributed by atoms with Gasteiger partial charge >= 0.3 is 0 Å². The van der Waals surface area contributed by atoms with Crippen molar-refractivity contribution in [3.05, 3.63) is 59.8 Å². The van der Waals surface area contributed by atoms with Gasteiger partial charge in [0.05, 0.1) is 6.04 Å². The van der Waals surface area contributed by atoms with Gasteiger partial charge in [0.1, 0.15) is 40.9 Å². The van der Waals surface area contributed by atoms with Crippen molar-refractivity contribution in [2.45, 2.75) is 19.9 Å². The maximum Gasteiger partial charge on any atom is 0.247 e. The molecule has 0 unspecified atom stereocenters. The van der Waals surface area contributed by atoms with E-state index in [2.05, 4.69) is 30.6 Å². The zero-order valence-electron chi connectivity index (χ0n) is 20.1. The van der Waals surface area contributed by atoms with Crippen LogP contribution in [0.15, 0.2) is 42.9 Å². The highest BCUT2D eigenvalue weighted by atomic mass is 16.5. The van der Waals surface area contributed by atoms with Crippen LogP contribution in [0.3, 0.4) is 0 Å². The second-order valence-corrected chi connectivity index (χ2v) is 8.39. The summed E-state index contributed by atoms with van der Waals surface area (Å²) in [5.41, 5.74) is 8.71. The molecule has 0 saturated heterocycles. The molecule has 4 rings (SSSR count). The third-order valence-electron chi connectivity index (χ3n) is 5.36. The quantitative estimate of drug-likeness (QED) is 0.332. The molecule has 1 atom stereocenters. The molecule has 0 amide bonds. The lowest BCUT2D eigenvalue weighted by atomic mass is 10.2. The van der Waals surface area contributed by atoms with Gasteiger partial charge in [-0.1, -0.05) is 6.07 Å². The molecule has 3 aromatic heterocycles. The van der Waals surface area contributed by atoms with Crippen LogP contribution in [0.2, 0.25) is 0 Å². The van der Waals surface area contributed by atoms with Crippen LogP contribution in [0.1, 0.15) is 29.9 Å². The summed E-state index contributed by atoms with van der Waals surface area (Å²) in [5, 5.41) is 20.6. The highest BCUT2D eigenvalue weighted by Crippen LogP contribution is 2.30. The number of hydrogen-bond donors (Lipinski definition) is 3. The van der Waals surface area contributed by atoms with E-state index >= 15 is 0 Å². The molecular formula is C24H28N10O. The van der Waals surface area contributed by atoms with Crippen molar-refractivity contribution in [3.63, 3.8) is 0 Å². The van der Waals surface area contributed by atoms with E-state index in [0.717, 1.165) is 29.9 Å². The Morgan fingerprint density at radius 3 is 2.86 bits per heavy atom. The van der Waals surface area contributed by atoms with E-state index in [9.17, 15) is 5.26 Å². The van der Waals surface area contributed by atoms with Gasteiger partial charge in [-0.2, -0.15) is 15.3 Å². The minimum Gasteiger partial charge on any atom is -0.437 e. The summed E-state index contributed by atoms with van der Waals surface area (Å²) in [5.74, 6) is 1.98. The maximum absolute atomic E-state index is 9.43. The first kappa shape index (κ1) is 23.7. The molecule has 0 radical (unpaired) electrons. The van der Waals surface area contributed by atoms with E-state index in [1.54, 1.807) is 4.52 Å². The summed E-state index contributed by atoms with van der Waals surface area (Å²) >= 11 is 0. The normalized spacial score (nSPS) is 11.9. The summed E-state index contributed by atoms with van der Waals surface area (Å²) in [4.78, 5) is 14.9. The van der Waals surface area contributed by atoms with Gasteiger partial charge in [-0.3, -0.25) is 0 Å². The number of hydrogen-bond acceptors (Lipinski definition) is 10. The van der Waals surface area contributed by atoms with E-state index < -0.39 is 6.04 Å². The maximum atomic E-state index is 9.43. The fourth-order valence-corrected chi connectivity index (χ4v) is 3.50. The summed E-state index contributed by atoms with van der Waals surface area (Å²) in [7, 11) is 4.07. The first-order chi connectivity index (χ1) is 16.9. The number of aryl methyl sites for hydroxylation is 1. The molecule has 180 valence electrons.